The lowest BCUT2D eigenvalue weighted by atomic mass is 9.92. The lowest BCUT2D eigenvalue weighted by molar-refractivity contribution is 0.0717. The Balaban J connectivity index is 2.02. The molecule has 2 rings (SSSR count). The molecule has 98 valence electrons. The predicted octanol–water partition coefficient (Wildman–Crippen LogP) is 1.73. The number of nitrogens with one attached hydrogen (secondary N) is 1. The Hall–Kier alpha value is -1.55. The number of hydrogen-bond donors (Lipinski definition) is 2. The van der Waals surface area contributed by atoms with Crippen LogP contribution in [0.4, 0.5) is 0 Å². The van der Waals surface area contributed by atoms with Gasteiger partial charge in [0.2, 0.25) is 0 Å². The van der Waals surface area contributed by atoms with Gasteiger partial charge in [0.1, 0.15) is 5.75 Å². The van der Waals surface area contributed by atoms with E-state index in [-0.39, 0.29) is 11.9 Å². The highest BCUT2D eigenvalue weighted by atomic mass is 16.5. The maximum atomic E-state index is 12.0. The number of carbonyl (C=O) groups excluding carboxylic acids is 1. The highest BCUT2D eigenvalue weighted by molar-refractivity contribution is 5.94. The van der Waals surface area contributed by atoms with E-state index in [9.17, 15) is 9.90 Å². The maximum absolute atomic E-state index is 12.0. The molecule has 1 amide bonds. The zero-order valence-electron chi connectivity index (χ0n) is 10.6. The van der Waals surface area contributed by atoms with E-state index >= 15 is 0 Å². The first-order valence-electron chi connectivity index (χ1n) is 6.33. The van der Waals surface area contributed by atoms with E-state index in [1.807, 2.05) is 0 Å². The van der Waals surface area contributed by atoms with Crippen molar-refractivity contribution < 1.29 is 14.6 Å². The summed E-state index contributed by atoms with van der Waals surface area (Å²) < 4.78 is 5.09. The molecule has 1 aliphatic rings. The number of benzene rings is 1. The second kappa shape index (κ2) is 5.87. The van der Waals surface area contributed by atoms with E-state index < -0.39 is 6.10 Å². The molecule has 4 heteroatoms. The van der Waals surface area contributed by atoms with Crippen molar-refractivity contribution in [2.45, 2.75) is 37.8 Å². The van der Waals surface area contributed by atoms with E-state index in [2.05, 4.69) is 5.32 Å². The molecule has 0 bridgehead atoms. The Morgan fingerprint density at radius 1 is 1.39 bits per heavy atom. The summed E-state index contributed by atoms with van der Waals surface area (Å²) in [5.74, 6) is 0.506. The van der Waals surface area contributed by atoms with Gasteiger partial charge in [0.25, 0.3) is 5.91 Å². The fraction of sp³-hybridized carbons (Fsp3) is 0.500. The average molecular weight is 249 g/mol. The molecule has 1 aliphatic carbocycles. The van der Waals surface area contributed by atoms with E-state index in [4.69, 9.17) is 4.74 Å². The third kappa shape index (κ3) is 3.01. The summed E-state index contributed by atoms with van der Waals surface area (Å²) in [5.41, 5.74) is 0.562. The zero-order valence-corrected chi connectivity index (χ0v) is 10.6. The van der Waals surface area contributed by atoms with Crippen molar-refractivity contribution in [1.82, 2.24) is 5.32 Å². The van der Waals surface area contributed by atoms with E-state index in [0.717, 1.165) is 25.7 Å². The number of rotatable bonds is 3. The van der Waals surface area contributed by atoms with Gasteiger partial charge in [-0.15, -0.1) is 0 Å². The van der Waals surface area contributed by atoms with Crippen LogP contribution in [0.3, 0.4) is 0 Å². The van der Waals surface area contributed by atoms with E-state index in [1.165, 1.54) is 0 Å². The summed E-state index contributed by atoms with van der Waals surface area (Å²) >= 11 is 0. The Morgan fingerprint density at radius 2 is 2.17 bits per heavy atom. The summed E-state index contributed by atoms with van der Waals surface area (Å²) in [6, 6.07) is 6.90. The van der Waals surface area contributed by atoms with Crippen molar-refractivity contribution in [3.63, 3.8) is 0 Å². The average Bonchev–Trinajstić information content (AvgIpc) is 2.41. The molecule has 1 fully saturated rings. The molecular formula is C14H19NO3. The number of aliphatic hydroxyl groups is 1. The van der Waals surface area contributed by atoms with Gasteiger partial charge in [-0.3, -0.25) is 4.79 Å². The van der Waals surface area contributed by atoms with Crippen molar-refractivity contribution in [3.8, 4) is 5.75 Å². The van der Waals surface area contributed by atoms with Crippen LogP contribution in [0.1, 0.15) is 36.0 Å². The standard InChI is InChI=1S/C14H19NO3/c1-18-11-6-4-5-10(9-11)14(17)15-12-7-2-3-8-13(12)16/h4-6,9,12-13,16H,2-3,7-8H2,1H3,(H,15,17)/t12-,13-/m1/s1. The van der Waals surface area contributed by atoms with Crippen LogP contribution in [0.15, 0.2) is 24.3 Å². The number of amides is 1. The van der Waals surface area contributed by atoms with Crippen LogP contribution in [0.2, 0.25) is 0 Å². The lowest BCUT2D eigenvalue weighted by Gasteiger charge is -2.28. The molecule has 1 saturated carbocycles. The number of carbonyl (C=O) groups is 1. The van der Waals surface area contributed by atoms with E-state index in [0.29, 0.717) is 11.3 Å². The van der Waals surface area contributed by atoms with Gasteiger partial charge < -0.3 is 15.2 Å². The van der Waals surface area contributed by atoms with Gasteiger partial charge in [-0.05, 0) is 31.0 Å². The fourth-order valence-corrected chi connectivity index (χ4v) is 2.30. The van der Waals surface area contributed by atoms with Crippen molar-refractivity contribution in [2.24, 2.45) is 0 Å². The smallest absolute Gasteiger partial charge is 0.251 e. The van der Waals surface area contributed by atoms with Crippen molar-refractivity contribution in [3.05, 3.63) is 29.8 Å². The maximum Gasteiger partial charge on any atom is 0.251 e. The van der Waals surface area contributed by atoms with Gasteiger partial charge in [-0.25, -0.2) is 0 Å². The quantitative estimate of drug-likeness (QED) is 0.857. The van der Waals surface area contributed by atoms with Gasteiger partial charge in [-0.1, -0.05) is 18.9 Å². The van der Waals surface area contributed by atoms with Gasteiger partial charge in [0.15, 0.2) is 0 Å². The zero-order chi connectivity index (χ0) is 13.0. The molecule has 2 atom stereocenters. The van der Waals surface area contributed by atoms with Crippen LogP contribution in [0.25, 0.3) is 0 Å². The largest absolute Gasteiger partial charge is 0.497 e. The topological polar surface area (TPSA) is 58.6 Å². The third-order valence-corrected chi connectivity index (χ3v) is 3.38. The molecule has 0 saturated heterocycles. The minimum Gasteiger partial charge on any atom is -0.497 e. The molecule has 18 heavy (non-hydrogen) atoms. The molecule has 1 aromatic rings. The highest BCUT2D eigenvalue weighted by Crippen LogP contribution is 2.19. The number of aliphatic hydroxyl groups excluding tert-OH is 1. The molecule has 0 aliphatic heterocycles. The molecule has 0 unspecified atom stereocenters. The number of ether oxygens (including phenoxy) is 1. The first-order valence-corrected chi connectivity index (χ1v) is 6.33. The van der Waals surface area contributed by atoms with Crippen molar-refractivity contribution in [1.29, 1.82) is 0 Å². The summed E-state index contributed by atoms with van der Waals surface area (Å²) in [5, 5.41) is 12.7. The van der Waals surface area contributed by atoms with Gasteiger partial charge in [0, 0.05) is 5.56 Å². The highest BCUT2D eigenvalue weighted by Gasteiger charge is 2.24. The van der Waals surface area contributed by atoms with Crippen LogP contribution < -0.4 is 10.1 Å². The summed E-state index contributed by atoms with van der Waals surface area (Å²) in [4.78, 5) is 12.0. The van der Waals surface area contributed by atoms with Crippen LogP contribution in [0, 0.1) is 0 Å². The first-order chi connectivity index (χ1) is 8.70. The third-order valence-electron chi connectivity index (χ3n) is 3.38. The minimum atomic E-state index is -0.423. The second-order valence-electron chi connectivity index (χ2n) is 4.66. The number of hydrogen-bond acceptors (Lipinski definition) is 3. The summed E-state index contributed by atoms with van der Waals surface area (Å²) in [6.07, 6.45) is 3.28. The van der Waals surface area contributed by atoms with Crippen LogP contribution in [-0.4, -0.2) is 30.3 Å². The van der Waals surface area contributed by atoms with Crippen LogP contribution >= 0.6 is 0 Å². The first kappa shape index (κ1) is 12.9. The van der Waals surface area contributed by atoms with Crippen molar-refractivity contribution in [2.75, 3.05) is 7.11 Å². The van der Waals surface area contributed by atoms with Gasteiger partial charge in [-0.2, -0.15) is 0 Å². The second-order valence-corrected chi connectivity index (χ2v) is 4.66. The SMILES string of the molecule is COc1cccc(C(=O)N[C@@H]2CCCC[C@H]2O)c1. The van der Waals surface area contributed by atoms with Gasteiger partial charge in [0.05, 0.1) is 19.3 Å². The normalized spacial score (nSPS) is 23.4. The molecule has 2 N–H and O–H groups in total. The Labute approximate surface area is 107 Å². The Morgan fingerprint density at radius 3 is 2.89 bits per heavy atom. The fourth-order valence-electron chi connectivity index (χ4n) is 2.30. The summed E-state index contributed by atoms with van der Waals surface area (Å²) in [6.45, 7) is 0. The lowest BCUT2D eigenvalue weighted by Crippen LogP contribution is -2.45. The monoisotopic (exact) mass is 249 g/mol. The minimum absolute atomic E-state index is 0.127. The van der Waals surface area contributed by atoms with Crippen LogP contribution in [0.5, 0.6) is 5.75 Å². The molecule has 1 aromatic carbocycles. The molecular weight excluding hydrogens is 230 g/mol. The molecule has 0 spiro atoms. The van der Waals surface area contributed by atoms with E-state index in [1.54, 1.807) is 31.4 Å². The molecule has 0 aromatic heterocycles. The number of methoxy groups -OCH3 is 1. The van der Waals surface area contributed by atoms with Crippen molar-refractivity contribution >= 4 is 5.91 Å². The molecule has 0 heterocycles. The Kier molecular flexibility index (Phi) is 4.20. The summed E-state index contributed by atoms with van der Waals surface area (Å²) in [7, 11) is 1.57. The predicted molar refractivity (Wildman–Crippen MR) is 68.7 cm³/mol. The Bertz CT molecular complexity index is 419. The molecule has 4 nitrogen and oxygen atoms in total. The van der Waals surface area contributed by atoms with Gasteiger partial charge >= 0.3 is 0 Å². The molecule has 0 radical (unpaired) electrons. The van der Waals surface area contributed by atoms with Crippen LogP contribution in [-0.2, 0) is 0 Å².